The minimum Gasteiger partial charge on any atom is -0.422 e. The van der Waals surface area contributed by atoms with E-state index in [1.165, 1.54) is 23.1 Å². The Labute approximate surface area is 148 Å². The van der Waals surface area contributed by atoms with Crippen LogP contribution in [0.5, 0.6) is 0 Å². The number of benzene rings is 2. The lowest BCUT2D eigenvalue weighted by atomic mass is 10.1. The summed E-state index contributed by atoms with van der Waals surface area (Å²) >= 11 is 0. The van der Waals surface area contributed by atoms with Crippen molar-refractivity contribution in [2.45, 2.75) is 13.0 Å². The topological polar surface area (TPSA) is 93.7 Å². The highest BCUT2D eigenvalue weighted by atomic mass is 16.6. The maximum Gasteiger partial charge on any atom is 0.349 e. The van der Waals surface area contributed by atoms with E-state index in [0.29, 0.717) is 16.5 Å². The van der Waals surface area contributed by atoms with Crippen molar-refractivity contribution in [2.75, 3.05) is 7.05 Å². The molecule has 1 amide bonds. The smallest absolute Gasteiger partial charge is 0.349 e. The number of hydrogen-bond donors (Lipinski definition) is 0. The molecule has 0 bridgehead atoms. The lowest BCUT2D eigenvalue weighted by Crippen LogP contribution is -2.32. The van der Waals surface area contributed by atoms with Gasteiger partial charge in [0.25, 0.3) is 11.6 Å². The first kappa shape index (κ1) is 17.3. The Bertz CT molecular complexity index is 1060. The molecule has 0 aliphatic carbocycles. The van der Waals surface area contributed by atoms with Crippen LogP contribution in [0.15, 0.2) is 63.8 Å². The molecule has 1 heterocycles. The van der Waals surface area contributed by atoms with E-state index in [2.05, 4.69) is 0 Å². The molecule has 0 aliphatic rings. The van der Waals surface area contributed by atoms with E-state index in [0.717, 1.165) is 0 Å². The zero-order valence-electron chi connectivity index (χ0n) is 14.2. The van der Waals surface area contributed by atoms with Crippen molar-refractivity contribution in [1.82, 2.24) is 4.90 Å². The second-order valence-corrected chi connectivity index (χ2v) is 5.93. The molecule has 0 radical (unpaired) electrons. The van der Waals surface area contributed by atoms with E-state index >= 15 is 0 Å². The molecular weight excluding hydrogens is 336 g/mol. The number of rotatable bonds is 4. The first-order valence-electron chi connectivity index (χ1n) is 7.93. The molecule has 26 heavy (non-hydrogen) atoms. The minimum atomic E-state index is -0.716. The third-order valence-corrected chi connectivity index (χ3v) is 4.34. The van der Waals surface area contributed by atoms with Gasteiger partial charge in [-0.3, -0.25) is 14.9 Å². The van der Waals surface area contributed by atoms with Gasteiger partial charge in [0.1, 0.15) is 11.1 Å². The monoisotopic (exact) mass is 352 g/mol. The molecule has 0 unspecified atom stereocenters. The van der Waals surface area contributed by atoms with Crippen molar-refractivity contribution in [3.8, 4) is 0 Å². The molecule has 0 aliphatic heterocycles. The van der Waals surface area contributed by atoms with Gasteiger partial charge in [0.15, 0.2) is 0 Å². The summed E-state index contributed by atoms with van der Waals surface area (Å²) in [5.74, 6) is -0.511. The number of para-hydroxylation sites is 1. The molecule has 3 rings (SSSR count). The predicted molar refractivity (Wildman–Crippen MR) is 96.1 cm³/mol. The highest BCUT2D eigenvalue weighted by Gasteiger charge is 2.23. The Kier molecular flexibility index (Phi) is 4.53. The average Bonchev–Trinajstić information content (AvgIpc) is 2.65. The van der Waals surface area contributed by atoms with Crippen LogP contribution < -0.4 is 5.63 Å². The Balaban J connectivity index is 1.94. The molecule has 1 atom stereocenters. The standard InChI is InChI=1S/C19H16N2O5/c1-12(13-7-5-8-15(10-13)21(24)25)20(2)18(22)16-11-14-6-3-4-9-17(14)26-19(16)23/h3-12H,1-2H3/t12-/m0/s1. The van der Waals surface area contributed by atoms with E-state index in [9.17, 15) is 19.7 Å². The number of fused-ring (bicyclic) bond motifs is 1. The van der Waals surface area contributed by atoms with Gasteiger partial charge in [0.05, 0.1) is 11.0 Å². The van der Waals surface area contributed by atoms with Gasteiger partial charge in [-0.2, -0.15) is 0 Å². The molecule has 0 saturated heterocycles. The molecule has 0 N–H and O–H groups in total. The van der Waals surface area contributed by atoms with Crippen LogP contribution in [0.4, 0.5) is 5.69 Å². The van der Waals surface area contributed by atoms with Gasteiger partial charge in [-0.1, -0.05) is 30.3 Å². The van der Waals surface area contributed by atoms with E-state index in [4.69, 9.17) is 4.42 Å². The number of nitro groups is 1. The van der Waals surface area contributed by atoms with Gasteiger partial charge in [0.2, 0.25) is 0 Å². The molecule has 132 valence electrons. The molecule has 2 aromatic carbocycles. The first-order valence-corrected chi connectivity index (χ1v) is 7.93. The second kappa shape index (κ2) is 6.79. The molecule has 3 aromatic rings. The van der Waals surface area contributed by atoms with Crippen LogP contribution in [0.1, 0.15) is 28.9 Å². The molecule has 7 heteroatoms. The number of carbonyl (C=O) groups excluding carboxylic acids is 1. The fourth-order valence-corrected chi connectivity index (χ4v) is 2.70. The quantitative estimate of drug-likeness (QED) is 0.407. The van der Waals surface area contributed by atoms with Crippen LogP contribution in [-0.2, 0) is 0 Å². The number of nitro benzene ring substituents is 1. The van der Waals surface area contributed by atoms with Crippen molar-refractivity contribution in [2.24, 2.45) is 0 Å². The van der Waals surface area contributed by atoms with Gasteiger partial charge in [-0.25, -0.2) is 4.79 Å². The van der Waals surface area contributed by atoms with E-state index in [1.807, 2.05) is 0 Å². The lowest BCUT2D eigenvalue weighted by molar-refractivity contribution is -0.384. The van der Waals surface area contributed by atoms with Crippen molar-refractivity contribution in [3.05, 3.63) is 86.3 Å². The maximum atomic E-state index is 12.8. The summed E-state index contributed by atoms with van der Waals surface area (Å²) in [5.41, 5.74) is 0.152. The summed E-state index contributed by atoms with van der Waals surface area (Å²) in [7, 11) is 1.54. The number of carbonyl (C=O) groups is 1. The Morgan fingerprint density at radius 2 is 1.88 bits per heavy atom. The van der Waals surface area contributed by atoms with Gasteiger partial charge in [0, 0.05) is 24.6 Å². The summed E-state index contributed by atoms with van der Waals surface area (Å²) in [4.78, 5) is 36.8. The molecule has 0 spiro atoms. The zero-order chi connectivity index (χ0) is 18.8. The molecule has 0 fully saturated rings. The summed E-state index contributed by atoms with van der Waals surface area (Å²) in [6, 6.07) is 14.0. The van der Waals surface area contributed by atoms with Gasteiger partial charge < -0.3 is 9.32 Å². The van der Waals surface area contributed by atoms with Crippen molar-refractivity contribution in [1.29, 1.82) is 0 Å². The first-order chi connectivity index (χ1) is 12.4. The largest absolute Gasteiger partial charge is 0.422 e. The fraction of sp³-hybridized carbons (Fsp3) is 0.158. The van der Waals surface area contributed by atoms with Gasteiger partial charge >= 0.3 is 5.63 Å². The Morgan fingerprint density at radius 3 is 2.62 bits per heavy atom. The molecular formula is C19H16N2O5. The normalized spacial score (nSPS) is 11.9. The summed E-state index contributed by atoms with van der Waals surface area (Å²) in [6.45, 7) is 1.74. The zero-order valence-corrected chi connectivity index (χ0v) is 14.2. The van der Waals surface area contributed by atoms with Crippen LogP contribution in [0.25, 0.3) is 11.0 Å². The summed E-state index contributed by atoms with van der Waals surface area (Å²) in [6.07, 6.45) is 0. The minimum absolute atomic E-state index is 0.0552. The van der Waals surface area contributed by atoms with Crippen LogP contribution in [-0.4, -0.2) is 22.8 Å². The average molecular weight is 352 g/mol. The van der Waals surface area contributed by atoms with Gasteiger partial charge in [-0.05, 0) is 24.6 Å². The number of nitrogens with zero attached hydrogens (tertiary/aromatic N) is 2. The van der Waals surface area contributed by atoms with Crippen LogP contribution in [0, 0.1) is 10.1 Å². The summed E-state index contributed by atoms with van der Waals surface area (Å²) in [5, 5.41) is 11.6. The molecule has 0 saturated carbocycles. The lowest BCUT2D eigenvalue weighted by Gasteiger charge is -2.25. The highest BCUT2D eigenvalue weighted by Crippen LogP contribution is 2.24. The third kappa shape index (κ3) is 3.19. The van der Waals surface area contributed by atoms with E-state index < -0.39 is 22.5 Å². The molecule has 1 aromatic heterocycles. The van der Waals surface area contributed by atoms with Crippen molar-refractivity contribution < 1.29 is 14.1 Å². The SMILES string of the molecule is C[C@@H](c1cccc([N+](=O)[O-])c1)N(C)C(=O)c1cc2ccccc2oc1=O. The maximum absolute atomic E-state index is 12.8. The summed E-state index contributed by atoms with van der Waals surface area (Å²) < 4.78 is 5.21. The molecule has 7 nitrogen and oxygen atoms in total. The van der Waals surface area contributed by atoms with Gasteiger partial charge in [-0.15, -0.1) is 0 Å². The van der Waals surface area contributed by atoms with E-state index in [1.54, 1.807) is 50.4 Å². The van der Waals surface area contributed by atoms with Crippen molar-refractivity contribution in [3.63, 3.8) is 0 Å². The fourth-order valence-electron chi connectivity index (χ4n) is 2.70. The second-order valence-electron chi connectivity index (χ2n) is 5.93. The van der Waals surface area contributed by atoms with Crippen molar-refractivity contribution >= 4 is 22.6 Å². The Morgan fingerprint density at radius 1 is 1.15 bits per heavy atom. The van der Waals surface area contributed by atoms with Crippen LogP contribution in [0.3, 0.4) is 0 Å². The third-order valence-electron chi connectivity index (χ3n) is 4.34. The van der Waals surface area contributed by atoms with E-state index in [-0.39, 0.29) is 11.3 Å². The number of amides is 1. The predicted octanol–water partition coefficient (Wildman–Crippen LogP) is 3.53. The van der Waals surface area contributed by atoms with Crippen LogP contribution in [0.2, 0.25) is 0 Å². The Hall–Kier alpha value is -3.48. The highest BCUT2D eigenvalue weighted by molar-refractivity contribution is 5.96. The number of non-ortho nitro benzene ring substituents is 1. The van der Waals surface area contributed by atoms with Crippen LogP contribution >= 0.6 is 0 Å². The number of hydrogen-bond acceptors (Lipinski definition) is 5.